The van der Waals surface area contributed by atoms with Crippen LogP contribution in [0.15, 0.2) is 29.2 Å². The summed E-state index contributed by atoms with van der Waals surface area (Å²) >= 11 is 0. The molecule has 14 heavy (non-hydrogen) atoms. The van der Waals surface area contributed by atoms with Gasteiger partial charge in [-0.3, -0.25) is 4.55 Å². The van der Waals surface area contributed by atoms with E-state index in [2.05, 4.69) is 5.32 Å². The lowest BCUT2D eigenvalue weighted by Crippen LogP contribution is -2.06. The van der Waals surface area contributed by atoms with E-state index in [1.807, 2.05) is 12.2 Å². The predicted molar refractivity (Wildman–Crippen MR) is 53.8 cm³/mol. The van der Waals surface area contributed by atoms with E-state index in [1.165, 1.54) is 12.1 Å². The van der Waals surface area contributed by atoms with Crippen molar-refractivity contribution in [2.75, 3.05) is 11.9 Å². The van der Waals surface area contributed by atoms with Gasteiger partial charge in [0.25, 0.3) is 10.1 Å². The summed E-state index contributed by atoms with van der Waals surface area (Å²) in [5, 5.41) is 3.08. The van der Waals surface area contributed by atoms with E-state index in [-0.39, 0.29) is 4.90 Å². The van der Waals surface area contributed by atoms with E-state index in [4.69, 9.17) is 4.55 Å². The van der Waals surface area contributed by atoms with Gasteiger partial charge >= 0.3 is 0 Å². The highest BCUT2D eigenvalue weighted by atomic mass is 32.2. The molecule has 0 saturated carbocycles. The second kappa shape index (κ2) is 3.11. The average Bonchev–Trinajstić information content (AvgIpc) is 2.16. The van der Waals surface area contributed by atoms with Crippen molar-refractivity contribution in [1.82, 2.24) is 0 Å². The van der Waals surface area contributed by atoms with E-state index < -0.39 is 10.1 Å². The minimum atomic E-state index is -4.10. The van der Waals surface area contributed by atoms with Gasteiger partial charge in [-0.05, 0) is 23.8 Å². The molecule has 0 fully saturated rings. The number of anilines is 1. The molecule has 0 bridgehead atoms. The third-order valence-corrected chi connectivity index (χ3v) is 2.88. The van der Waals surface area contributed by atoms with Crippen molar-refractivity contribution < 1.29 is 13.0 Å². The summed E-state index contributed by atoms with van der Waals surface area (Å²) in [6.45, 7) is 0.734. The maximum absolute atomic E-state index is 10.8. The zero-order chi connectivity index (χ0) is 10.2. The Bertz CT molecular complexity index is 491. The zero-order valence-corrected chi connectivity index (χ0v) is 8.08. The molecule has 2 rings (SSSR count). The summed E-state index contributed by atoms with van der Waals surface area (Å²) in [4.78, 5) is -0.0791. The topological polar surface area (TPSA) is 66.4 Å². The van der Waals surface area contributed by atoms with Crippen molar-refractivity contribution in [3.05, 3.63) is 29.8 Å². The molecule has 0 aromatic heterocycles. The van der Waals surface area contributed by atoms with Gasteiger partial charge in [-0.1, -0.05) is 12.2 Å². The number of nitrogens with one attached hydrogen (secondary N) is 1. The Kier molecular flexibility index (Phi) is 2.05. The Morgan fingerprint density at radius 2 is 2.14 bits per heavy atom. The molecule has 0 unspecified atom stereocenters. The summed E-state index contributed by atoms with van der Waals surface area (Å²) in [5.41, 5.74) is 1.64. The molecule has 0 atom stereocenters. The van der Waals surface area contributed by atoms with E-state index in [1.54, 1.807) is 6.07 Å². The van der Waals surface area contributed by atoms with Gasteiger partial charge in [0.05, 0.1) is 4.90 Å². The van der Waals surface area contributed by atoms with Crippen LogP contribution in [0.5, 0.6) is 0 Å². The van der Waals surface area contributed by atoms with Gasteiger partial charge in [0.2, 0.25) is 0 Å². The Morgan fingerprint density at radius 3 is 2.86 bits per heavy atom. The van der Waals surface area contributed by atoms with Crippen LogP contribution in [0.2, 0.25) is 0 Å². The molecule has 0 radical (unpaired) electrons. The van der Waals surface area contributed by atoms with Crippen molar-refractivity contribution in [2.24, 2.45) is 0 Å². The lowest BCUT2D eigenvalue weighted by atomic mass is 10.1. The van der Waals surface area contributed by atoms with Crippen molar-refractivity contribution in [1.29, 1.82) is 0 Å². The highest BCUT2D eigenvalue weighted by molar-refractivity contribution is 7.85. The summed E-state index contributed by atoms with van der Waals surface area (Å²) in [6, 6.07) is 4.45. The van der Waals surface area contributed by atoms with Gasteiger partial charge in [0.15, 0.2) is 0 Å². The van der Waals surface area contributed by atoms with E-state index in [9.17, 15) is 8.42 Å². The predicted octanol–water partition coefficient (Wildman–Crippen LogP) is 1.37. The van der Waals surface area contributed by atoms with Crippen LogP contribution in [0, 0.1) is 0 Å². The van der Waals surface area contributed by atoms with Crippen LogP contribution in [0.4, 0.5) is 5.69 Å². The van der Waals surface area contributed by atoms with Crippen LogP contribution in [-0.4, -0.2) is 19.5 Å². The van der Waals surface area contributed by atoms with Crippen LogP contribution in [0.1, 0.15) is 5.56 Å². The monoisotopic (exact) mass is 211 g/mol. The second-order valence-electron chi connectivity index (χ2n) is 3.01. The molecule has 5 heteroatoms. The fraction of sp³-hybridized carbons (Fsp3) is 0.111. The Labute approximate surface area is 82.0 Å². The molecule has 74 valence electrons. The molecular formula is C9H9NO3S. The number of hydrogen-bond acceptors (Lipinski definition) is 3. The Morgan fingerprint density at radius 1 is 1.36 bits per heavy atom. The first kappa shape index (κ1) is 9.23. The van der Waals surface area contributed by atoms with Crippen LogP contribution in [0.3, 0.4) is 0 Å². The summed E-state index contributed by atoms with van der Waals surface area (Å²) in [7, 11) is -4.10. The zero-order valence-electron chi connectivity index (χ0n) is 7.27. The number of fused-ring (bicyclic) bond motifs is 1. The van der Waals surface area contributed by atoms with E-state index in [0.717, 1.165) is 17.8 Å². The molecule has 1 aliphatic heterocycles. The van der Waals surface area contributed by atoms with Crippen molar-refractivity contribution in [2.45, 2.75) is 4.90 Å². The quantitative estimate of drug-likeness (QED) is 0.688. The summed E-state index contributed by atoms with van der Waals surface area (Å²) < 4.78 is 30.5. The van der Waals surface area contributed by atoms with Crippen molar-refractivity contribution in [3.8, 4) is 0 Å². The molecule has 0 amide bonds. The third-order valence-electron chi connectivity index (χ3n) is 2.03. The smallest absolute Gasteiger partial charge is 0.294 e. The first-order valence-corrected chi connectivity index (χ1v) is 5.53. The minimum absolute atomic E-state index is 0.0791. The van der Waals surface area contributed by atoms with Gasteiger partial charge in [0.1, 0.15) is 0 Å². The van der Waals surface area contributed by atoms with Gasteiger partial charge < -0.3 is 5.32 Å². The molecule has 0 aliphatic carbocycles. The highest BCUT2D eigenvalue weighted by Crippen LogP contribution is 2.23. The Hall–Kier alpha value is -1.33. The molecule has 1 aromatic carbocycles. The first-order chi connectivity index (χ1) is 6.57. The van der Waals surface area contributed by atoms with Gasteiger partial charge in [-0.2, -0.15) is 8.42 Å². The maximum Gasteiger partial charge on any atom is 0.294 e. The van der Waals surface area contributed by atoms with Crippen molar-refractivity contribution in [3.63, 3.8) is 0 Å². The number of rotatable bonds is 1. The molecule has 1 aliphatic rings. The molecule has 2 N–H and O–H groups in total. The highest BCUT2D eigenvalue weighted by Gasteiger charge is 2.12. The minimum Gasteiger partial charge on any atom is -0.381 e. The first-order valence-electron chi connectivity index (χ1n) is 4.09. The maximum atomic E-state index is 10.8. The van der Waals surface area contributed by atoms with Crippen LogP contribution < -0.4 is 5.32 Å². The fourth-order valence-corrected chi connectivity index (χ4v) is 1.87. The average molecular weight is 211 g/mol. The Balaban J connectivity index is 2.56. The standard InChI is InChI=1S/C9H9NO3S/c11-14(12,13)8-3-4-9-7(6-8)2-1-5-10-9/h1-4,6,10H,5H2,(H,11,12,13). The molecular weight excluding hydrogens is 202 g/mol. The van der Waals surface area contributed by atoms with Crippen LogP contribution in [-0.2, 0) is 10.1 Å². The van der Waals surface area contributed by atoms with Gasteiger partial charge in [0, 0.05) is 12.2 Å². The normalized spacial score (nSPS) is 14.6. The number of benzene rings is 1. The molecule has 0 saturated heterocycles. The molecule has 4 nitrogen and oxygen atoms in total. The van der Waals surface area contributed by atoms with Crippen LogP contribution in [0.25, 0.3) is 6.08 Å². The summed E-state index contributed by atoms with van der Waals surface area (Å²) in [5.74, 6) is 0. The van der Waals surface area contributed by atoms with Crippen LogP contribution >= 0.6 is 0 Å². The largest absolute Gasteiger partial charge is 0.381 e. The molecule has 1 heterocycles. The number of hydrogen-bond donors (Lipinski definition) is 2. The molecule has 0 spiro atoms. The van der Waals surface area contributed by atoms with E-state index in [0.29, 0.717) is 0 Å². The lowest BCUT2D eigenvalue weighted by Gasteiger charge is -2.12. The van der Waals surface area contributed by atoms with E-state index >= 15 is 0 Å². The van der Waals surface area contributed by atoms with Crippen molar-refractivity contribution >= 4 is 21.9 Å². The third kappa shape index (κ3) is 1.64. The van der Waals surface area contributed by atoms with Gasteiger partial charge in [-0.15, -0.1) is 0 Å². The SMILES string of the molecule is O=S(=O)(O)c1ccc2c(c1)C=CCN2. The fourth-order valence-electron chi connectivity index (χ4n) is 1.35. The second-order valence-corrected chi connectivity index (χ2v) is 4.43. The van der Waals surface area contributed by atoms with Gasteiger partial charge in [-0.25, -0.2) is 0 Å². The lowest BCUT2D eigenvalue weighted by molar-refractivity contribution is 0.483. The molecule has 1 aromatic rings. The summed E-state index contributed by atoms with van der Waals surface area (Å²) in [6.07, 6.45) is 3.70.